The van der Waals surface area contributed by atoms with Crippen molar-refractivity contribution in [2.45, 2.75) is 63.5 Å². The van der Waals surface area contributed by atoms with Crippen molar-refractivity contribution in [2.75, 3.05) is 37.6 Å². The molecular weight excluding hydrogens is 502 g/mol. The highest BCUT2D eigenvalue weighted by molar-refractivity contribution is 5.69. The molecule has 0 aliphatic carbocycles. The van der Waals surface area contributed by atoms with Gasteiger partial charge in [-0.25, -0.2) is 4.79 Å². The first-order valence-electron chi connectivity index (χ1n) is 14.4. The van der Waals surface area contributed by atoms with Crippen molar-refractivity contribution in [3.63, 3.8) is 0 Å². The Morgan fingerprint density at radius 3 is 2.38 bits per heavy atom. The third-order valence-corrected chi connectivity index (χ3v) is 8.17. The Labute approximate surface area is 237 Å². The van der Waals surface area contributed by atoms with E-state index in [9.17, 15) is 9.90 Å². The van der Waals surface area contributed by atoms with Crippen molar-refractivity contribution in [1.29, 1.82) is 0 Å². The second kappa shape index (κ2) is 11.8. The standard InChI is InChI=1S/C32H41N5O3/c1-31(2,3)40-30(39)37-17-13-25(14-18-37)33-23-32(24-9-5-4-6-10-24)15-19-36(20-16-32)26-21-28(35-34-22-26)27-11-7-8-12-29(27)38/h4-12,21-22,25,33,38H,13-20,23H2,1-3H3. The zero-order valence-corrected chi connectivity index (χ0v) is 23.8. The molecule has 5 rings (SSSR count). The molecule has 0 spiro atoms. The van der Waals surface area contributed by atoms with E-state index in [1.165, 1.54) is 5.56 Å². The van der Waals surface area contributed by atoms with Gasteiger partial charge < -0.3 is 25.0 Å². The number of hydrogen-bond donors (Lipinski definition) is 2. The number of hydrogen-bond acceptors (Lipinski definition) is 7. The lowest BCUT2D eigenvalue weighted by Gasteiger charge is -2.44. The summed E-state index contributed by atoms with van der Waals surface area (Å²) in [5, 5.41) is 22.7. The summed E-state index contributed by atoms with van der Waals surface area (Å²) in [6, 6.07) is 20.5. The molecule has 1 amide bonds. The number of amides is 1. The van der Waals surface area contributed by atoms with E-state index >= 15 is 0 Å². The van der Waals surface area contributed by atoms with Gasteiger partial charge in [0.05, 0.1) is 17.6 Å². The number of carbonyl (C=O) groups is 1. The van der Waals surface area contributed by atoms with Crippen LogP contribution in [0.1, 0.15) is 52.0 Å². The van der Waals surface area contributed by atoms with Crippen LogP contribution in [0.15, 0.2) is 66.9 Å². The summed E-state index contributed by atoms with van der Waals surface area (Å²) >= 11 is 0. The maximum Gasteiger partial charge on any atom is 0.410 e. The van der Waals surface area contributed by atoms with Crippen LogP contribution in [-0.4, -0.2) is 70.7 Å². The van der Waals surface area contributed by atoms with Gasteiger partial charge in [-0.2, -0.15) is 10.2 Å². The first-order valence-corrected chi connectivity index (χ1v) is 14.4. The maximum atomic E-state index is 12.5. The van der Waals surface area contributed by atoms with E-state index in [1.54, 1.807) is 6.07 Å². The van der Waals surface area contributed by atoms with E-state index in [4.69, 9.17) is 4.74 Å². The average molecular weight is 544 g/mol. The van der Waals surface area contributed by atoms with Crippen molar-refractivity contribution in [3.05, 3.63) is 72.4 Å². The van der Waals surface area contributed by atoms with E-state index in [1.807, 2.05) is 56.1 Å². The molecule has 8 nitrogen and oxygen atoms in total. The molecular formula is C32H41N5O3. The molecule has 2 fully saturated rings. The molecule has 8 heteroatoms. The molecule has 2 N–H and O–H groups in total. The van der Waals surface area contributed by atoms with Crippen LogP contribution in [0.3, 0.4) is 0 Å². The number of nitrogens with zero attached hydrogens (tertiary/aromatic N) is 4. The van der Waals surface area contributed by atoms with Crippen LogP contribution < -0.4 is 10.2 Å². The molecule has 0 saturated carbocycles. The molecule has 2 aliphatic heterocycles. The monoisotopic (exact) mass is 543 g/mol. The highest BCUT2D eigenvalue weighted by atomic mass is 16.6. The number of aromatic nitrogens is 2. The second-order valence-electron chi connectivity index (χ2n) is 12.1. The lowest BCUT2D eigenvalue weighted by atomic mass is 9.72. The number of phenols is 1. The van der Waals surface area contributed by atoms with Crippen LogP contribution in [0, 0.1) is 0 Å². The third kappa shape index (κ3) is 6.55. The Kier molecular flexibility index (Phi) is 8.26. The van der Waals surface area contributed by atoms with Gasteiger partial charge in [-0.3, -0.25) is 0 Å². The van der Waals surface area contributed by atoms with Gasteiger partial charge in [-0.1, -0.05) is 42.5 Å². The quantitative estimate of drug-likeness (QED) is 0.432. The van der Waals surface area contributed by atoms with E-state index < -0.39 is 5.60 Å². The van der Waals surface area contributed by atoms with Gasteiger partial charge in [0.2, 0.25) is 0 Å². The van der Waals surface area contributed by atoms with Gasteiger partial charge in [0.1, 0.15) is 11.4 Å². The number of aromatic hydroxyl groups is 1. The lowest BCUT2D eigenvalue weighted by molar-refractivity contribution is 0.0196. The first kappa shape index (κ1) is 27.9. The summed E-state index contributed by atoms with van der Waals surface area (Å²) in [6.07, 6.45) is 5.47. The fraction of sp³-hybridized carbons (Fsp3) is 0.469. The Hall–Kier alpha value is -3.65. The molecule has 3 aromatic rings. The van der Waals surface area contributed by atoms with Crippen LogP contribution in [-0.2, 0) is 10.2 Å². The van der Waals surface area contributed by atoms with Crippen molar-refractivity contribution < 1.29 is 14.6 Å². The van der Waals surface area contributed by atoms with E-state index in [0.29, 0.717) is 30.4 Å². The molecule has 1 aromatic heterocycles. The number of phenolic OH excluding ortho intramolecular Hbond substituents is 1. The number of carbonyl (C=O) groups excluding carboxylic acids is 1. The minimum atomic E-state index is -0.472. The van der Waals surface area contributed by atoms with E-state index in [-0.39, 0.29) is 17.3 Å². The van der Waals surface area contributed by atoms with Crippen molar-refractivity contribution in [1.82, 2.24) is 20.4 Å². The van der Waals surface area contributed by atoms with Gasteiger partial charge in [0.25, 0.3) is 0 Å². The molecule has 0 radical (unpaired) electrons. The van der Waals surface area contributed by atoms with Gasteiger partial charge in [0.15, 0.2) is 0 Å². The minimum absolute atomic E-state index is 0.0288. The van der Waals surface area contributed by atoms with Gasteiger partial charge in [0, 0.05) is 49.7 Å². The van der Waals surface area contributed by atoms with Gasteiger partial charge in [-0.15, -0.1) is 0 Å². The van der Waals surface area contributed by atoms with E-state index in [2.05, 4.69) is 50.7 Å². The summed E-state index contributed by atoms with van der Waals surface area (Å²) in [7, 11) is 0. The summed E-state index contributed by atoms with van der Waals surface area (Å²) in [5.41, 5.74) is 3.32. The molecule has 0 atom stereocenters. The van der Waals surface area contributed by atoms with Crippen molar-refractivity contribution >= 4 is 11.8 Å². The zero-order valence-electron chi connectivity index (χ0n) is 23.8. The van der Waals surface area contributed by atoms with Crippen molar-refractivity contribution in [3.8, 4) is 17.0 Å². The second-order valence-corrected chi connectivity index (χ2v) is 12.1. The average Bonchev–Trinajstić information content (AvgIpc) is 2.96. The topological polar surface area (TPSA) is 90.8 Å². The molecule has 3 heterocycles. The number of likely N-dealkylation sites (tertiary alicyclic amines) is 1. The van der Waals surface area contributed by atoms with E-state index in [0.717, 1.165) is 51.0 Å². The Bertz CT molecular complexity index is 1280. The number of piperidine rings is 2. The smallest absolute Gasteiger partial charge is 0.410 e. The molecule has 2 saturated heterocycles. The largest absolute Gasteiger partial charge is 0.507 e. The first-order chi connectivity index (χ1) is 19.2. The van der Waals surface area contributed by atoms with Gasteiger partial charge in [-0.05, 0) is 70.2 Å². The Morgan fingerprint density at radius 1 is 1.02 bits per heavy atom. The molecule has 2 aromatic carbocycles. The predicted octanol–water partition coefficient (Wildman–Crippen LogP) is 5.38. The third-order valence-electron chi connectivity index (χ3n) is 8.17. The molecule has 2 aliphatic rings. The molecule has 0 bridgehead atoms. The van der Waals surface area contributed by atoms with Crippen LogP contribution >= 0.6 is 0 Å². The highest BCUT2D eigenvalue weighted by Crippen LogP contribution is 2.37. The fourth-order valence-corrected chi connectivity index (χ4v) is 5.84. The van der Waals surface area contributed by atoms with Crippen LogP contribution in [0.5, 0.6) is 5.75 Å². The zero-order chi connectivity index (χ0) is 28.2. The Morgan fingerprint density at radius 2 is 1.70 bits per heavy atom. The number of para-hydroxylation sites is 1. The van der Waals surface area contributed by atoms with Gasteiger partial charge >= 0.3 is 6.09 Å². The number of ether oxygens (including phenoxy) is 1. The van der Waals surface area contributed by atoms with Crippen LogP contribution in [0.2, 0.25) is 0 Å². The maximum absolute atomic E-state index is 12.5. The Balaban J connectivity index is 1.23. The molecule has 40 heavy (non-hydrogen) atoms. The number of anilines is 1. The lowest BCUT2D eigenvalue weighted by Crippen LogP contribution is -2.52. The summed E-state index contributed by atoms with van der Waals surface area (Å²) in [4.78, 5) is 16.7. The number of rotatable bonds is 6. The number of nitrogens with one attached hydrogen (secondary N) is 1. The summed E-state index contributed by atoms with van der Waals surface area (Å²) in [6.45, 7) is 9.86. The van der Waals surface area contributed by atoms with Crippen LogP contribution in [0.4, 0.5) is 10.5 Å². The molecule has 212 valence electrons. The van der Waals surface area contributed by atoms with Crippen LogP contribution in [0.25, 0.3) is 11.3 Å². The predicted molar refractivity (Wildman–Crippen MR) is 158 cm³/mol. The van der Waals surface area contributed by atoms with Crippen molar-refractivity contribution in [2.24, 2.45) is 0 Å². The summed E-state index contributed by atoms with van der Waals surface area (Å²) in [5.74, 6) is 0.207. The minimum Gasteiger partial charge on any atom is -0.507 e. The highest BCUT2D eigenvalue weighted by Gasteiger charge is 2.37. The number of benzene rings is 2. The SMILES string of the molecule is CC(C)(C)OC(=O)N1CCC(NCC2(c3ccccc3)CCN(c3cnnc(-c4ccccc4O)c3)CC2)CC1. The normalized spacial score (nSPS) is 18.0. The molecule has 0 unspecified atom stereocenters. The summed E-state index contributed by atoms with van der Waals surface area (Å²) < 4.78 is 5.57. The fourth-order valence-electron chi connectivity index (χ4n) is 5.84.